The lowest BCUT2D eigenvalue weighted by Crippen LogP contribution is -2.21. The van der Waals surface area contributed by atoms with E-state index in [9.17, 15) is 4.79 Å². The van der Waals surface area contributed by atoms with Gasteiger partial charge in [0, 0.05) is 11.8 Å². The molecule has 24 heavy (non-hydrogen) atoms. The third kappa shape index (κ3) is 4.27. The van der Waals surface area contributed by atoms with E-state index in [2.05, 4.69) is 21.2 Å². The average molecular weight is 389 g/mol. The number of ether oxygens (including phenoxy) is 2. The van der Waals surface area contributed by atoms with Crippen LogP contribution in [0.3, 0.4) is 0 Å². The van der Waals surface area contributed by atoms with Crippen LogP contribution in [0.2, 0.25) is 0 Å². The Balaban J connectivity index is 2.08. The van der Waals surface area contributed by atoms with Crippen molar-refractivity contribution in [1.82, 2.24) is 0 Å². The molecule has 0 aromatic heterocycles. The van der Waals surface area contributed by atoms with Crippen LogP contribution < -0.4 is 14.8 Å². The summed E-state index contributed by atoms with van der Waals surface area (Å²) in [4.78, 5) is 12.1. The van der Waals surface area contributed by atoms with Gasteiger partial charge in [-0.3, -0.25) is 4.79 Å². The highest BCUT2D eigenvalue weighted by atomic mass is 79.9. The number of aryl methyl sites for hydroxylation is 2. The van der Waals surface area contributed by atoms with Crippen LogP contribution in [0, 0.1) is 25.2 Å². The van der Waals surface area contributed by atoms with E-state index in [1.54, 1.807) is 12.1 Å². The molecule has 0 saturated carbocycles. The normalized spacial score (nSPS) is 9.96. The molecule has 0 bridgehead atoms. The van der Waals surface area contributed by atoms with Gasteiger partial charge < -0.3 is 14.8 Å². The number of nitrogens with zero attached hydrogens (tertiary/aromatic N) is 1. The van der Waals surface area contributed by atoms with E-state index in [4.69, 9.17) is 14.7 Å². The molecular weight excluding hydrogens is 372 g/mol. The second-order valence-corrected chi connectivity index (χ2v) is 6.11. The maximum absolute atomic E-state index is 12.1. The summed E-state index contributed by atoms with van der Waals surface area (Å²) in [5.41, 5.74) is 3.30. The van der Waals surface area contributed by atoms with E-state index in [0.29, 0.717) is 21.5 Å². The number of hydrogen-bond donors (Lipinski definition) is 1. The second-order valence-electron chi connectivity index (χ2n) is 5.26. The fourth-order valence-electron chi connectivity index (χ4n) is 2.20. The number of hydrogen-bond acceptors (Lipinski definition) is 4. The van der Waals surface area contributed by atoms with Crippen LogP contribution in [0.1, 0.15) is 16.7 Å². The Morgan fingerprint density at radius 2 is 2.04 bits per heavy atom. The van der Waals surface area contributed by atoms with Crippen LogP contribution in [-0.4, -0.2) is 19.6 Å². The van der Waals surface area contributed by atoms with Crippen LogP contribution in [-0.2, 0) is 4.79 Å². The number of halogens is 1. The minimum absolute atomic E-state index is 0.172. The highest BCUT2D eigenvalue weighted by Crippen LogP contribution is 2.36. The minimum atomic E-state index is -0.278. The molecule has 0 unspecified atom stereocenters. The molecule has 0 saturated heterocycles. The Morgan fingerprint density at radius 3 is 2.67 bits per heavy atom. The monoisotopic (exact) mass is 388 g/mol. The molecule has 5 nitrogen and oxygen atoms in total. The lowest BCUT2D eigenvalue weighted by molar-refractivity contribution is -0.118. The molecule has 1 N–H and O–H groups in total. The maximum Gasteiger partial charge on any atom is 0.262 e. The minimum Gasteiger partial charge on any atom is -0.493 e. The van der Waals surface area contributed by atoms with Crippen molar-refractivity contribution in [1.29, 1.82) is 5.26 Å². The number of nitrogens with one attached hydrogen (secondary N) is 1. The SMILES string of the molecule is COc1cc(C#N)cc(Br)c1OCC(=O)Nc1ccc(C)cc1C. The Hall–Kier alpha value is -2.52. The third-order valence-corrected chi connectivity index (χ3v) is 3.95. The third-order valence-electron chi connectivity index (χ3n) is 3.36. The van der Waals surface area contributed by atoms with Gasteiger partial charge in [-0.15, -0.1) is 0 Å². The molecule has 1 amide bonds. The molecule has 0 atom stereocenters. The quantitative estimate of drug-likeness (QED) is 0.840. The zero-order chi connectivity index (χ0) is 17.7. The van der Waals surface area contributed by atoms with Crippen LogP contribution in [0.25, 0.3) is 0 Å². The molecule has 2 aromatic rings. The Kier molecular flexibility index (Phi) is 5.83. The number of carbonyl (C=O) groups is 1. The van der Waals surface area contributed by atoms with Gasteiger partial charge >= 0.3 is 0 Å². The van der Waals surface area contributed by atoms with Crippen LogP contribution in [0.5, 0.6) is 11.5 Å². The van der Waals surface area contributed by atoms with Crippen molar-refractivity contribution in [2.75, 3.05) is 19.0 Å². The van der Waals surface area contributed by atoms with Crippen molar-refractivity contribution < 1.29 is 14.3 Å². The molecule has 0 aliphatic carbocycles. The second kappa shape index (κ2) is 7.84. The lowest BCUT2D eigenvalue weighted by atomic mass is 10.1. The summed E-state index contributed by atoms with van der Waals surface area (Å²) in [6.45, 7) is 3.76. The largest absolute Gasteiger partial charge is 0.493 e. The number of methoxy groups -OCH3 is 1. The van der Waals surface area contributed by atoms with E-state index in [-0.39, 0.29) is 12.5 Å². The van der Waals surface area contributed by atoms with Crippen molar-refractivity contribution in [2.45, 2.75) is 13.8 Å². The molecule has 0 heterocycles. The van der Waals surface area contributed by atoms with Gasteiger partial charge in [-0.2, -0.15) is 5.26 Å². The molecule has 0 spiro atoms. The highest BCUT2D eigenvalue weighted by molar-refractivity contribution is 9.10. The van der Waals surface area contributed by atoms with E-state index >= 15 is 0 Å². The molecular formula is C18H17BrN2O3. The van der Waals surface area contributed by atoms with E-state index in [0.717, 1.165) is 16.8 Å². The Labute approximate surface area is 149 Å². The smallest absolute Gasteiger partial charge is 0.262 e. The maximum atomic E-state index is 12.1. The fraction of sp³-hybridized carbons (Fsp3) is 0.222. The first-order valence-electron chi connectivity index (χ1n) is 7.22. The van der Waals surface area contributed by atoms with E-state index < -0.39 is 0 Å². The highest BCUT2D eigenvalue weighted by Gasteiger charge is 2.14. The average Bonchev–Trinajstić information content (AvgIpc) is 2.55. The van der Waals surface area contributed by atoms with E-state index in [1.165, 1.54) is 7.11 Å². The van der Waals surface area contributed by atoms with Crippen LogP contribution in [0.15, 0.2) is 34.8 Å². The Bertz CT molecular complexity index is 813. The summed E-state index contributed by atoms with van der Waals surface area (Å²) in [5, 5.41) is 11.8. The van der Waals surface area contributed by atoms with Crippen LogP contribution >= 0.6 is 15.9 Å². The number of amides is 1. The Morgan fingerprint density at radius 1 is 1.29 bits per heavy atom. The summed E-state index contributed by atoms with van der Waals surface area (Å²) in [5.74, 6) is 0.493. The zero-order valence-corrected chi connectivity index (χ0v) is 15.2. The fourth-order valence-corrected chi connectivity index (χ4v) is 2.76. The summed E-state index contributed by atoms with van der Waals surface area (Å²) in [6, 6.07) is 11.0. The van der Waals surface area contributed by atoms with Gasteiger partial charge in [-0.25, -0.2) is 0 Å². The summed E-state index contributed by atoms with van der Waals surface area (Å²) >= 11 is 3.33. The summed E-state index contributed by atoms with van der Waals surface area (Å²) in [6.07, 6.45) is 0. The molecule has 0 aliphatic heterocycles. The zero-order valence-electron chi connectivity index (χ0n) is 13.6. The first kappa shape index (κ1) is 17.8. The first-order chi connectivity index (χ1) is 11.4. The van der Waals surface area contributed by atoms with Gasteiger partial charge in [0.2, 0.25) is 0 Å². The predicted molar refractivity (Wildman–Crippen MR) is 95.4 cm³/mol. The molecule has 6 heteroatoms. The number of rotatable bonds is 5. The van der Waals surface area contributed by atoms with Gasteiger partial charge in [-0.05, 0) is 47.5 Å². The molecule has 0 fully saturated rings. The van der Waals surface area contributed by atoms with Crippen molar-refractivity contribution in [3.05, 3.63) is 51.5 Å². The molecule has 124 valence electrons. The lowest BCUT2D eigenvalue weighted by Gasteiger charge is -2.13. The number of anilines is 1. The van der Waals surface area contributed by atoms with Gasteiger partial charge in [-0.1, -0.05) is 17.7 Å². The van der Waals surface area contributed by atoms with Crippen molar-refractivity contribution >= 4 is 27.5 Å². The van der Waals surface area contributed by atoms with Gasteiger partial charge in [0.15, 0.2) is 18.1 Å². The number of benzene rings is 2. The summed E-state index contributed by atoms with van der Waals surface area (Å²) < 4.78 is 11.3. The van der Waals surface area contributed by atoms with Gasteiger partial charge in [0.25, 0.3) is 5.91 Å². The van der Waals surface area contributed by atoms with Crippen LogP contribution in [0.4, 0.5) is 5.69 Å². The molecule has 0 aliphatic rings. The van der Waals surface area contributed by atoms with Crippen molar-refractivity contribution in [3.63, 3.8) is 0 Å². The first-order valence-corrected chi connectivity index (χ1v) is 8.01. The molecule has 2 aromatic carbocycles. The predicted octanol–water partition coefficient (Wildman–Crippen LogP) is 3.96. The van der Waals surface area contributed by atoms with Crippen molar-refractivity contribution in [3.8, 4) is 17.6 Å². The molecule has 0 radical (unpaired) electrons. The summed E-state index contributed by atoms with van der Waals surface area (Å²) in [7, 11) is 1.48. The topological polar surface area (TPSA) is 71.3 Å². The number of carbonyl (C=O) groups excluding carboxylic acids is 1. The van der Waals surface area contributed by atoms with Crippen molar-refractivity contribution in [2.24, 2.45) is 0 Å². The molecule has 2 rings (SSSR count). The number of nitriles is 1. The standard InChI is InChI=1S/C18H17BrN2O3/c1-11-4-5-15(12(2)6-11)21-17(22)10-24-18-14(19)7-13(9-20)8-16(18)23-3/h4-8H,10H2,1-3H3,(H,21,22). The van der Waals surface area contributed by atoms with Gasteiger partial charge in [0.1, 0.15) is 0 Å². The van der Waals surface area contributed by atoms with Gasteiger partial charge in [0.05, 0.1) is 23.2 Å². The van der Waals surface area contributed by atoms with E-state index in [1.807, 2.05) is 38.1 Å².